The fourth-order valence-electron chi connectivity index (χ4n) is 3.15. The molecular weight excluding hydrogens is 460 g/mol. The Bertz CT molecular complexity index is 1120. The van der Waals surface area contributed by atoms with Crippen LogP contribution in [0, 0.1) is 11.6 Å². The summed E-state index contributed by atoms with van der Waals surface area (Å²) < 4.78 is 38.7. The van der Waals surface area contributed by atoms with Gasteiger partial charge in [-0.15, -0.1) is 11.8 Å². The van der Waals surface area contributed by atoms with E-state index in [4.69, 9.17) is 9.47 Å². The monoisotopic (exact) mass is 484 g/mol. The molecule has 5 nitrogen and oxygen atoms in total. The molecule has 8 heteroatoms. The summed E-state index contributed by atoms with van der Waals surface area (Å²) in [6.07, 6.45) is 4.75. The predicted molar refractivity (Wildman–Crippen MR) is 126 cm³/mol. The number of carboxylic acids is 1. The van der Waals surface area contributed by atoms with Gasteiger partial charge >= 0.3 is 0 Å². The molecule has 0 fully saturated rings. The Morgan fingerprint density at radius 3 is 2.47 bits per heavy atom. The molecule has 0 amide bonds. The Hall–Kier alpha value is -3.39. The van der Waals surface area contributed by atoms with Crippen LogP contribution in [0.3, 0.4) is 0 Å². The van der Waals surface area contributed by atoms with Crippen molar-refractivity contribution >= 4 is 23.8 Å². The Morgan fingerprint density at radius 1 is 1.06 bits per heavy atom. The molecule has 0 unspecified atom stereocenters. The molecule has 34 heavy (non-hydrogen) atoms. The van der Waals surface area contributed by atoms with Gasteiger partial charge in [0.25, 0.3) is 0 Å². The molecule has 0 spiro atoms. The molecule has 1 aromatic heterocycles. The molecule has 3 aromatic rings. The minimum absolute atomic E-state index is 0.0895. The number of unbranched alkanes of at least 4 members (excludes halogenated alkanes) is 1. The first kappa shape index (κ1) is 25.2. The predicted octanol–water partition coefficient (Wildman–Crippen LogP) is 4.83. The number of aliphatic carboxylic acids is 1. The molecule has 2 aromatic carbocycles. The van der Waals surface area contributed by atoms with Gasteiger partial charge in [-0.25, -0.2) is 13.8 Å². The first-order valence-corrected chi connectivity index (χ1v) is 11.7. The lowest BCUT2D eigenvalue weighted by molar-refractivity contribution is -0.297. The van der Waals surface area contributed by atoms with Crippen molar-refractivity contribution in [2.24, 2.45) is 0 Å². The molecule has 0 bridgehead atoms. The van der Waals surface area contributed by atoms with E-state index in [0.29, 0.717) is 23.7 Å². The molecule has 0 aliphatic carbocycles. The van der Waals surface area contributed by atoms with Crippen molar-refractivity contribution in [3.05, 3.63) is 89.3 Å². The second kappa shape index (κ2) is 12.7. The standard InChI is InChI=1S/C26H25F2NO4S/c1-32-20-11-8-18(9-12-20)5-2-3-16-33-24-14-10-19(29-23(24)13-15-25(30)31)17-34-26-21(27)6-4-7-22(26)28/h4,6-15H,2-3,5,16-17H2,1H3,(H,30,31)/p-1/b15-13+. The highest BCUT2D eigenvalue weighted by Crippen LogP contribution is 2.29. The highest BCUT2D eigenvalue weighted by Gasteiger charge is 2.11. The van der Waals surface area contributed by atoms with Crippen LogP contribution in [0.2, 0.25) is 0 Å². The zero-order valence-electron chi connectivity index (χ0n) is 18.6. The summed E-state index contributed by atoms with van der Waals surface area (Å²) in [7, 11) is 1.63. The number of methoxy groups -OCH3 is 1. The molecular formula is C26H24F2NO4S-. The minimum Gasteiger partial charge on any atom is -0.545 e. The maximum atomic E-state index is 13.9. The van der Waals surface area contributed by atoms with Gasteiger partial charge in [-0.3, -0.25) is 0 Å². The third-order valence-corrected chi connectivity index (χ3v) is 6.00. The fraction of sp³-hybridized carbons (Fsp3) is 0.231. The number of carbonyl (C=O) groups excluding carboxylic acids is 1. The van der Waals surface area contributed by atoms with Crippen molar-refractivity contribution in [3.63, 3.8) is 0 Å². The molecule has 0 aliphatic rings. The van der Waals surface area contributed by atoms with Crippen LogP contribution in [0.15, 0.2) is 65.6 Å². The maximum absolute atomic E-state index is 13.9. The number of rotatable bonds is 12. The van der Waals surface area contributed by atoms with E-state index in [0.717, 1.165) is 42.8 Å². The van der Waals surface area contributed by atoms with Crippen molar-refractivity contribution in [1.82, 2.24) is 4.98 Å². The van der Waals surface area contributed by atoms with E-state index < -0.39 is 17.6 Å². The average molecular weight is 485 g/mol. The number of halogens is 2. The third-order valence-electron chi connectivity index (χ3n) is 4.88. The maximum Gasteiger partial charge on any atom is 0.144 e. The fourth-order valence-corrected chi connectivity index (χ4v) is 4.01. The summed E-state index contributed by atoms with van der Waals surface area (Å²) >= 11 is 0.976. The van der Waals surface area contributed by atoms with E-state index in [-0.39, 0.29) is 10.6 Å². The summed E-state index contributed by atoms with van der Waals surface area (Å²) in [5.41, 5.74) is 2.04. The smallest absolute Gasteiger partial charge is 0.144 e. The van der Waals surface area contributed by atoms with E-state index in [1.54, 1.807) is 19.2 Å². The van der Waals surface area contributed by atoms with Crippen LogP contribution in [0.1, 0.15) is 29.8 Å². The van der Waals surface area contributed by atoms with Crippen LogP contribution in [0.5, 0.6) is 11.5 Å². The number of hydrogen-bond acceptors (Lipinski definition) is 6. The van der Waals surface area contributed by atoms with Gasteiger partial charge < -0.3 is 19.4 Å². The lowest BCUT2D eigenvalue weighted by Gasteiger charge is -2.11. The first-order chi connectivity index (χ1) is 16.5. The number of carboxylic acid groups (broad SMARTS) is 1. The zero-order chi connectivity index (χ0) is 24.3. The van der Waals surface area contributed by atoms with Gasteiger partial charge in [0.1, 0.15) is 28.8 Å². The molecule has 0 radical (unpaired) electrons. The van der Waals surface area contributed by atoms with Gasteiger partial charge in [0, 0.05) is 5.75 Å². The first-order valence-electron chi connectivity index (χ1n) is 10.7. The Morgan fingerprint density at radius 2 is 1.79 bits per heavy atom. The average Bonchev–Trinajstić information content (AvgIpc) is 2.83. The van der Waals surface area contributed by atoms with Crippen molar-refractivity contribution < 1.29 is 28.2 Å². The van der Waals surface area contributed by atoms with E-state index in [2.05, 4.69) is 4.98 Å². The van der Waals surface area contributed by atoms with Gasteiger partial charge in [0.2, 0.25) is 0 Å². The Balaban J connectivity index is 1.58. The van der Waals surface area contributed by atoms with Gasteiger partial charge in [-0.05, 0) is 73.4 Å². The van der Waals surface area contributed by atoms with Gasteiger partial charge in [0.15, 0.2) is 0 Å². The number of benzene rings is 2. The number of pyridine rings is 1. The number of ether oxygens (including phenoxy) is 2. The van der Waals surface area contributed by atoms with Crippen molar-refractivity contribution in [3.8, 4) is 11.5 Å². The van der Waals surface area contributed by atoms with Crippen LogP contribution in [0.4, 0.5) is 8.78 Å². The molecule has 3 rings (SSSR count). The van der Waals surface area contributed by atoms with E-state index in [9.17, 15) is 18.7 Å². The second-order valence-corrected chi connectivity index (χ2v) is 8.32. The SMILES string of the molecule is COc1ccc(CCCCOc2ccc(CSc3c(F)cccc3F)nc2/C=C/C(=O)[O-])cc1. The van der Waals surface area contributed by atoms with Crippen LogP contribution >= 0.6 is 11.8 Å². The van der Waals surface area contributed by atoms with Gasteiger partial charge in [-0.2, -0.15) is 0 Å². The number of carbonyl (C=O) groups is 1. The molecule has 0 atom stereocenters. The lowest BCUT2D eigenvalue weighted by Crippen LogP contribution is -2.18. The summed E-state index contributed by atoms with van der Waals surface area (Å²) in [4.78, 5) is 15.2. The number of aromatic nitrogens is 1. The summed E-state index contributed by atoms with van der Waals surface area (Å²) in [6.45, 7) is 0.429. The van der Waals surface area contributed by atoms with Crippen LogP contribution < -0.4 is 14.6 Å². The number of thioether (sulfide) groups is 1. The van der Waals surface area contributed by atoms with Crippen LogP contribution in [-0.4, -0.2) is 24.7 Å². The van der Waals surface area contributed by atoms with E-state index in [1.807, 2.05) is 24.3 Å². The second-order valence-electron chi connectivity index (χ2n) is 7.33. The summed E-state index contributed by atoms with van der Waals surface area (Å²) in [6, 6.07) is 15.0. The quantitative estimate of drug-likeness (QED) is 0.208. The van der Waals surface area contributed by atoms with Crippen molar-refractivity contribution in [2.45, 2.75) is 29.9 Å². The largest absolute Gasteiger partial charge is 0.545 e. The van der Waals surface area contributed by atoms with Crippen molar-refractivity contribution in [2.75, 3.05) is 13.7 Å². The Labute approximate surface area is 201 Å². The van der Waals surface area contributed by atoms with Gasteiger partial charge in [0.05, 0.1) is 30.3 Å². The normalized spacial score (nSPS) is 11.0. The number of hydrogen-bond donors (Lipinski definition) is 0. The van der Waals surface area contributed by atoms with E-state index in [1.165, 1.54) is 29.8 Å². The van der Waals surface area contributed by atoms with Gasteiger partial charge in [-0.1, -0.05) is 18.2 Å². The molecule has 0 N–H and O–H groups in total. The lowest BCUT2D eigenvalue weighted by atomic mass is 10.1. The molecule has 0 saturated heterocycles. The summed E-state index contributed by atoms with van der Waals surface area (Å²) in [5.74, 6) is -1.20. The third kappa shape index (κ3) is 7.59. The molecule has 0 aliphatic heterocycles. The summed E-state index contributed by atoms with van der Waals surface area (Å²) in [5, 5.41) is 10.9. The zero-order valence-corrected chi connectivity index (χ0v) is 19.4. The minimum atomic E-state index is -1.36. The van der Waals surface area contributed by atoms with Crippen molar-refractivity contribution in [1.29, 1.82) is 0 Å². The van der Waals surface area contributed by atoms with Crippen LogP contribution in [0.25, 0.3) is 6.08 Å². The van der Waals surface area contributed by atoms with Crippen LogP contribution in [-0.2, 0) is 17.0 Å². The molecule has 0 saturated carbocycles. The topological polar surface area (TPSA) is 71.5 Å². The number of nitrogens with zero attached hydrogens (tertiary/aromatic N) is 1. The highest BCUT2D eigenvalue weighted by atomic mass is 32.2. The Kier molecular flexibility index (Phi) is 9.46. The molecule has 178 valence electrons. The highest BCUT2D eigenvalue weighted by molar-refractivity contribution is 7.98. The number of aryl methyl sites for hydroxylation is 1. The molecule has 1 heterocycles. The van der Waals surface area contributed by atoms with E-state index >= 15 is 0 Å².